The molecule has 0 aliphatic carbocycles. The van der Waals surface area contributed by atoms with Gasteiger partial charge >= 0.3 is 0 Å². The second-order valence-electron chi connectivity index (χ2n) is 3.32. The van der Waals surface area contributed by atoms with E-state index in [0.29, 0.717) is 0 Å². The van der Waals surface area contributed by atoms with Gasteiger partial charge in [0.1, 0.15) is 0 Å². The highest BCUT2D eigenvalue weighted by atomic mass is 31.2. The minimum Gasteiger partial charge on any atom is -0.334 e. The van der Waals surface area contributed by atoms with Gasteiger partial charge in [-0.2, -0.15) is 0 Å². The van der Waals surface area contributed by atoms with Crippen molar-refractivity contribution in [1.82, 2.24) is 0 Å². The van der Waals surface area contributed by atoms with Crippen LogP contribution in [0.15, 0.2) is 30.3 Å². The second-order valence-corrected chi connectivity index (χ2v) is 4.97. The molecule has 1 atom stereocenters. The van der Waals surface area contributed by atoms with Gasteiger partial charge in [-0.25, -0.2) is 0 Å². The smallest absolute Gasteiger partial charge is 0.204 e. The van der Waals surface area contributed by atoms with Crippen molar-refractivity contribution in [1.29, 1.82) is 0 Å². The summed E-state index contributed by atoms with van der Waals surface area (Å²) in [4.78, 5) is 0. The predicted molar refractivity (Wildman–Crippen MR) is 65.5 cm³/mol. The summed E-state index contributed by atoms with van der Waals surface area (Å²) in [7, 11) is 0.837. The molecule has 0 bridgehead atoms. The van der Waals surface area contributed by atoms with Gasteiger partial charge in [0.15, 0.2) is 0 Å². The monoisotopic (exact) mass is 226 g/mol. The van der Waals surface area contributed by atoms with Crippen LogP contribution in [0.3, 0.4) is 0 Å². The van der Waals surface area contributed by atoms with Gasteiger partial charge in [0.25, 0.3) is 0 Å². The van der Waals surface area contributed by atoms with Gasteiger partial charge in [-0.1, -0.05) is 38.0 Å². The molecule has 0 aliphatic heterocycles. The molecule has 15 heavy (non-hydrogen) atoms. The second kappa shape index (κ2) is 7.81. The third-order valence-electron chi connectivity index (χ3n) is 2.09. The van der Waals surface area contributed by atoms with Crippen LogP contribution in [0.2, 0.25) is 0 Å². The maximum absolute atomic E-state index is 5.72. The lowest BCUT2D eigenvalue weighted by atomic mass is 10.3. The summed E-state index contributed by atoms with van der Waals surface area (Å²) in [6, 6.07) is 10.1. The van der Waals surface area contributed by atoms with E-state index in [1.807, 2.05) is 18.2 Å². The first kappa shape index (κ1) is 12.6. The first-order valence-corrected chi connectivity index (χ1v) is 6.58. The van der Waals surface area contributed by atoms with E-state index < -0.39 is 8.38 Å². The first-order valence-electron chi connectivity index (χ1n) is 5.40. The standard InChI is InChI=1S/C12H19O2P/c1-3-4-8-11-14-15(13-2)12-9-6-5-7-10-12/h5-7,9-10H,3-4,8,11H2,1-2H3. The van der Waals surface area contributed by atoms with Crippen LogP contribution in [0.5, 0.6) is 0 Å². The van der Waals surface area contributed by atoms with E-state index in [2.05, 4.69) is 19.1 Å². The molecule has 1 rings (SSSR count). The minimum absolute atomic E-state index is 0.794. The van der Waals surface area contributed by atoms with E-state index >= 15 is 0 Å². The number of hydrogen-bond acceptors (Lipinski definition) is 2. The van der Waals surface area contributed by atoms with Crippen LogP contribution in [0.4, 0.5) is 0 Å². The summed E-state index contributed by atoms with van der Waals surface area (Å²) in [6.07, 6.45) is 3.56. The summed E-state index contributed by atoms with van der Waals surface area (Å²) >= 11 is 0. The molecule has 0 N–H and O–H groups in total. The highest BCUT2D eigenvalue weighted by molar-refractivity contribution is 7.55. The highest BCUT2D eigenvalue weighted by Gasteiger charge is 2.10. The summed E-state index contributed by atoms with van der Waals surface area (Å²) in [6.45, 7) is 2.98. The highest BCUT2D eigenvalue weighted by Crippen LogP contribution is 2.35. The van der Waals surface area contributed by atoms with Crippen molar-refractivity contribution in [3.63, 3.8) is 0 Å². The van der Waals surface area contributed by atoms with Gasteiger partial charge < -0.3 is 9.05 Å². The fourth-order valence-corrected chi connectivity index (χ4v) is 2.46. The topological polar surface area (TPSA) is 18.5 Å². The zero-order valence-corrected chi connectivity index (χ0v) is 10.4. The van der Waals surface area contributed by atoms with E-state index in [4.69, 9.17) is 9.05 Å². The molecule has 0 radical (unpaired) electrons. The van der Waals surface area contributed by atoms with Crippen molar-refractivity contribution in [2.45, 2.75) is 26.2 Å². The van der Waals surface area contributed by atoms with E-state index in [0.717, 1.165) is 18.3 Å². The number of benzene rings is 1. The molecule has 0 spiro atoms. The van der Waals surface area contributed by atoms with Crippen LogP contribution in [0.1, 0.15) is 26.2 Å². The molecule has 2 nitrogen and oxygen atoms in total. The van der Waals surface area contributed by atoms with Gasteiger partial charge in [-0.3, -0.25) is 0 Å². The molecular formula is C12H19O2P. The fraction of sp³-hybridized carbons (Fsp3) is 0.500. The van der Waals surface area contributed by atoms with Gasteiger partial charge in [-0.05, 0) is 18.6 Å². The summed E-state index contributed by atoms with van der Waals surface area (Å²) in [5.74, 6) is 0. The van der Waals surface area contributed by atoms with Crippen molar-refractivity contribution in [3.8, 4) is 0 Å². The third kappa shape index (κ3) is 4.74. The Labute approximate surface area is 93.5 Å². The average molecular weight is 226 g/mol. The van der Waals surface area contributed by atoms with Crippen molar-refractivity contribution in [2.75, 3.05) is 13.7 Å². The molecule has 1 aromatic rings. The van der Waals surface area contributed by atoms with Crippen LogP contribution < -0.4 is 5.30 Å². The van der Waals surface area contributed by atoms with Gasteiger partial charge in [0, 0.05) is 12.4 Å². The Morgan fingerprint density at radius 2 is 1.87 bits per heavy atom. The lowest BCUT2D eigenvalue weighted by Crippen LogP contribution is -2.04. The molecule has 0 amide bonds. The van der Waals surface area contributed by atoms with Crippen LogP contribution >= 0.6 is 8.38 Å². The van der Waals surface area contributed by atoms with Crippen molar-refractivity contribution >= 4 is 13.7 Å². The molecule has 0 aliphatic rings. The lowest BCUT2D eigenvalue weighted by molar-refractivity contribution is 0.284. The van der Waals surface area contributed by atoms with E-state index in [-0.39, 0.29) is 0 Å². The minimum atomic E-state index is -0.870. The van der Waals surface area contributed by atoms with Crippen molar-refractivity contribution in [3.05, 3.63) is 30.3 Å². The predicted octanol–water partition coefficient (Wildman–Crippen LogP) is 3.48. The van der Waals surface area contributed by atoms with Crippen molar-refractivity contribution < 1.29 is 9.05 Å². The Morgan fingerprint density at radius 3 is 2.47 bits per heavy atom. The average Bonchev–Trinajstić information content (AvgIpc) is 2.30. The summed E-state index contributed by atoms with van der Waals surface area (Å²) in [5.41, 5.74) is 0. The molecule has 1 unspecified atom stereocenters. The molecule has 0 fully saturated rings. The molecule has 0 saturated heterocycles. The Hall–Kier alpha value is -0.430. The lowest BCUT2D eigenvalue weighted by Gasteiger charge is -2.14. The van der Waals surface area contributed by atoms with Gasteiger partial charge in [-0.15, -0.1) is 0 Å². The molecular weight excluding hydrogens is 207 g/mol. The molecule has 1 aromatic carbocycles. The normalized spacial score (nSPS) is 12.7. The molecule has 3 heteroatoms. The van der Waals surface area contributed by atoms with Crippen LogP contribution in [-0.4, -0.2) is 13.7 Å². The maximum atomic E-state index is 5.72. The van der Waals surface area contributed by atoms with Crippen LogP contribution in [0, 0.1) is 0 Å². The quantitative estimate of drug-likeness (QED) is 0.523. The summed E-state index contributed by atoms with van der Waals surface area (Å²) in [5, 5.41) is 1.14. The SMILES string of the molecule is CCCCCOP(OC)c1ccccc1. The molecule has 0 heterocycles. The zero-order valence-electron chi connectivity index (χ0n) is 9.48. The van der Waals surface area contributed by atoms with Crippen LogP contribution in [0.25, 0.3) is 0 Å². The summed E-state index contributed by atoms with van der Waals surface area (Å²) < 4.78 is 11.1. The number of hydrogen-bond donors (Lipinski definition) is 0. The molecule has 0 saturated carbocycles. The first-order chi connectivity index (χ1) is 7.38. The Balaban J connectivity index is 2.36. The Morgan fingerprint density at radius 1 is 1.13 bits per heavy atom. The Kier molecular flexibility index (Phi) is 6.58. The molecule has 84 valence electrons. The van der Waals surface area contributed by atoms with E-state index in [1.54, 1.807) is 7.11 Å². The fourth-order valence-electron chi connectivity index (χ4n) is 1.28. The third-order valence-corrected chi connectivity index (χ3v) is 3.56. The number of rotatable bonds is 7. The van der Waals surface area contributed by atoms with Crippen molar-refractivity contribution in [2.24, 2.45) is 0 Å². The Bertz CT molecular complexity index is 251. The number of unbranched alkanes of at least 4 members (excludes halogenated alkanes) is 2. The largest absolute Gasteiger partial charge is 0.334 e. The van der Waals surface area contributed by atoms with E-state index in [9.17, 15) is 0 Å². The maximum Gasteiger partial charge on any atom is 0.204 e. The van der Waals surface area contributed by atoms with E-state index in [1.165, 1.54) is 12.8 Å². The van der Waals surface area contributed by atoms with Gasteiger partial charge in [0.05, 0.1) is 6.61 Å². The van der Waals surface area contributed by atoms with Gasteiger partial charge in [0.2, 0.25) is 8.38 Å². The molecule has 0 aromatic heterocycles. The zero-order chi connectivity index (χ0) is 10.9. The van der Waals surface area contributed by atoms with Crippen LogP contribution in [-0.2, 0) is 9.05 Å².